The van der Waals surface area contributed by atoms with Crippen LogP contribution >= 0.6 is 0 Å². The fraction of sp³-hybridized carbons (Fsp3) is 0.718. The van der Waals surface area contributed by atoms with Crippen molar-refractivity contribution >= 4 is 12.0 Å². The maximum atomic E-state index is 13.0. The van der Waals surface area contributed by atoms with E-state index in [0.29, 0.717) is 33.6 Å². The van der Waals surface area contributed by atoms with Crippen LogP contribution in [0.4, 0.5) is 0 Å². The van der Waals surface area contributed by atoms with Crippen LogP contribution in [0.25, 0.3) is 6.08 Å². The Kier molecular flexibility index (Phi) is 7.08. The first-order chi connectivity index (χ1) is 20.0. The minimum absolute atomic E-state index is 0.113. The van der Waals surface area contributed by atoms with E-state index in [-0.39, 0.29) is 39.8 Å². The van der Waals surface area contributed by atoms with Gasteiger partial charge in [0.2, 0.25) is 0 Å². The lowest BCUT2D eigenvalue weighted by molar-refractivity contribution is -0.210. The van der Waals surface area contributed by atoms with E-state index in [4.69, 9.17) is 4.74 Å². The van der Waals surface area contributed by atoms with E-state index in [1.54, 1.807) is 12.1 Å². The average Bonchev–Trinajstić information content (AvgIpc) is 2.92. The molecule has 0 bridgehead atoms. The molecule has 236 valence electrons. The van der Waals surface area contributed by atoms with E-state index >= 15 is 0 Å². The first-order valence-corrected chi connectivity index (χ1v) is 17.1. The number of benzene rings is 1. The van der Waals surface area contributed by atoms with E-state index in [9.17, 15) is 15.0 Å². The summed E-state index contributed by atoms with van der Waals surface area (Å²) < 4.78 is 6.18. The summed E-state index contributed by atoms with van der Waals surface area (Å²) in [5.41, 5.74) is 4.04. The molecule has 4 saturated carbocycles. The molecule has 0 radical (unpaired) electrons. The third kappa shape index (κ3) is 4.62. The highest BCUT2D eigenvalue weighted by molar-refractivity contribution is 5.87. The van der Waals surface area contributed by atoms with Crippen molar-refractivity contribution in [3.05, 3.63) is 41.5 Å². The summed E-state index contributed by atoms with van der Waals surface area (Å²) in [7, 11) is 0. The summed E-state index contributed by atoms with van der Waals surface area (Å²) in [6.45, 7) is 20.2. The Morgan fingerprint density at radius 3 is 2.30 bits per heavy atom. The molecule has 0 aliphatic heterocycles. The Bertz CT molecular complexity index is 1350. The lowest BCUT2D eigenvalue weighted by Crippen LogP contribution is -2.64. The van der Waals surface area contributed by atoms with Crippen molar-refractivity contribution < 1.29 is 19.7 Å². The number of carbonyl (C=O) groups excluding carboxylic acids is 1. The van der Waals surface area contributed by atoms with Gasteiger partial charge in [-0.3, -0.25) is 0 Å². The zero-order valence-electron chi connectivity index (χ0n) is 28.1. The Balaban J connectivity index is 1.23. The SMILES string of the molecule is CC1(C)CCC2(C)CC[C@]3(C)C(=CC[C@H]4[C@@]5(C)CC[C@H](OC(=O)/C=C/c6ccc(O)c(O)c6)C(C)(C)[C@H]5CC[C@]43C)[C@@H]2C1. The van der Waals surface area contributed by atoms with Gasteiger partial charge in [-0.05, 0) is 133 Å². The van der Waals surface area contributed by atoms with Crippen molar-refractivity contribution in [2.45, 2.75) is 126 Å². The number of rotatable bonds is 3. The van der Waals surface area contributed by atoms with Gasteiger partial charge in [0.15, 0.2) is 11.5 Å². The standard InChI is InChI=1S/C39H56O4/c1-34(2)19-20-36(5)21-22-38(7)26(27(36)24-34)11-13-31-37(6)17-16-32(35(3,4)30(37)15-18-39(31,38)8)43-33(42)14-10-25-9-12-28(40)29(41)23-25/h9-12,14,23,27,30-32,40-41H,13,15-22,24H2,1-8H3/b14-10+/t27-,30+,31-,32-,36?,37-,38+,39+/m0/s1. The number of phenols is 2. The molecule has 1 aromatic rings. The van der Waals surface area contributed by atoms with Crippen LogP contribution < -0.4 is 0 Å². The Morgan fingerprint density at radius 2 is 1.58 bits per heavy atom. The van der Waals surface area contributed by atoms with E-state index < -0.39 is 0 Å². The molecule has 1 unspecified atom stereocenters. The first kappa shape index (κ1) is 30.8. The predicted octanol–water partition coefficient (Wildman–Crippen LogP) is 9.84. The van der Waals surface area contributed by atoms with Gasteiger partial charge >= 0.3 is 5.97 Å². The normalized spacial score (nSPS) is 43.0. The topological polar surface area (TPSA) is 66.8 Å². The molecule has 5 aliphatic carbocycles. The van der Waals surface area contributed by atoms with E-state index in [2.05, 4.69) is 61.5 Å². The van der Waals surface area contributed by atoms with Crippen LogP contribution in [0, 0.1) is 50.2 Å². The molecule has 4 nitrogen and oxygen atoms in total. The number of allylic oxidation sites excluding steroid dienone is 2. The number of carbonyl (C=O) groups is 1. The molecule has 5 aliphatic rings. The van der Waals surface area contributed by atoms with Crippen LogP contribution in [-0.4, -0.2) is 22.3 Å². The molecule has 0 amide bonds. The van der Waals surface area contributed by atoms with Crippen molar-refractivity contribution in [2.24, 2.45) is 50.2 Å². The smallest absolute Gasteiger partial charge is 0.331 e. The zero-order chi connectivity index (χ0) is 31.2. The summed E-state index contributed by atoms with van der Waals surface area (Å²) >= 11 is 0. The van der Waals surface area contributed by atoms with Crippen molar-refractivity contribution in [3.63, 3.8) is 0 Å². The molecule has 0 spiro atoms. The van der Waals surface area contributed by atoms with E-state index in [1.165, 1.54) is 69.6 Å². The van der Waals surface area contributed by atoms with Crippen LogP contribution in [0.3, 0.4) is 0 Å². The van der Waals surface area contributed by atoms with Crippen molar-refractivity contribution in [1.29, 1.82) is 0 Å². The van der Waals surface area contributed by atoms with Gasteiger partial charge in [0.1, 0.15) is 6.10 Å². The fourth-order valence-electron chi connectivity index (χ4n) is 11.7. The molecule has 2 N–H and O–H groups in total. The number of hydrogen-bond donors (Lipinski definition) is 2. The zero-order valence-corrected chi connectivity index (χ0v) is 28.1. The average molecular weight is 589 g/mol. The molecule has 0 saturated heterocycles. The minimum Gasteiger partial charge on any atom is -0.504 e. The number of hydrogen-bond acceptors (Lipinski definition) is 4. The van der Waals surface area contributed by atoms with Gasteiger partial charge in [-0.15, -0.1) is 0 Å². The van der Waals surface area contributed by atoms with Gasteiger partial charge in [0.25, 0.3) is 0 Å². The lowest BCUT2D eigenvalue weighted by atomic mass is 9.33. The largest absolute Gasteiger partial charge is 0.504 e. The van der Waals surface area contributed by atoms with Gasteiger partial charge < -0.3 is 14.9 Å². The van der Waals surface area contributed by atoms with Crippen LogP contribution in [0.15, 0.2) is 35.9 Å². The van der Waals surface area contributed by atoms with E-state index in [0.717, 1.165) is 18.8 Å². The quantitative estimate of drug-likeness (QED) is 0.160. The highest BCUT2D eigenvalue weighted by atomic mass is 16.5. The number of esters is 1. The highest BCUT2D eigenvalue weighted by Gasteiger charge is 2.68. The summed E-state index contributed by atoms with van der Waals surface area (Å²) in [6, 6.07) is 4.54. The molecule has 1 aromatic carbocycles. The molecular formula is C39H56O4. The first-order valence-electron chi connectivity index (χ1n) is 17.1. The van der Waals surface area contributed by atoms with Gasteiger partial charge in [-0.1, -0.05) is 73.1 Å². The second kappa shape index (κ2) is 9.88. The number of aromatic hydroxyl groups is 2. The molecule has 4 heteroatoms. The molecule has 6 rings (SSSR count). The third-order valence-corrected chi connectivity index (χ3v) is 14.7. The van der Waals surface area contributed by atoms with Gasteiger partial charge in [-0.2, -0.15) is 0 Å². The minimum atomic E-state index is -0.340. The molecular weight excluding hydrogens is 532 g/mol. The number of phenolic OH excluding ortho intramolecular Hbond substituents is 2. The molecule has 8 atom stereocenters. The number of ether oxygens (including phenoxy) is 1. The van der Waals surface area contributed by atoms with Crippen LogP contribution in [0.2, 0.25) is 0 Å². The molecule has 0 heterocycles. The van der Waals surface area contributed by atoms with Crippen LogP contribution in [0.5, 0.6) is 11.5 Å². The van der Waals surface area contributed by atoms with Gasteiger partial charge in [0.05, 0.1) is 0 Å². The van der Waals surface area contributed by atoms with Gasteiger partial charge in [0, 0.05) is 11.5 Å². The van der Waals surface area contributed by atoms with Crippen molar-refractivity contribution in [3.8, 4) is 11.5 Å². The predicted molar refractivity (Wildman–Crippen MR) is 173 cm³/mol. The van der Waals surface area contributed by atoms with Gasteiger partial charge in [-0.25, -0.2) is 4.79 Å². The Hall–Kier alpha value is -2.23. The Morgan fingerprint density at radius 1 is 0.860 bits per heavy atom. The third-order valence-electron chi connectivity index (χ3n) is 14.7. The maximum absolute atomic E-state index is 13.0. The summed E-state index contributed by atoms with van der Waals surface area (Å²) in [5.74, 6) is 1.16. The summed E-state index contributed by atoms with van der Waals surface area (Å²) in [4.78, 5) is 13.0. The highest BCUT2D eigenvalue weighted by Crippen LogP contribution is 2.75. The van der Waals surface area contributed by atoms with Crippen LogP contribution in [0.1, 0.15) is 125 Å². The second-order valence-electron chi connectivity index (χ2n) is 17.7. The Labute approximate surface area is 260 Å². The fourth-order valence-corrected chi connectivity index (χ4v) is 11.7. The summed E-state index contributed by atoms with van der Waals surface area (Å²) in [5, 5.41) is 19.4. The van der Waals surface area contributed by atoms with Crippen molar-refractivity contribution in [1.82, 2.24) is 0 Å². The maximum Gasteiger partial charge on any atom is 0.331 e. The van der Waals surface area contributed by atoms with Crippen LogP contribution in [-0.2, 0) is 9.53 Å². The lowest BCUT2D eigenvalue weighted by Gasteiger charge is -2.71. The van der Waals surface area contributed by atoms with Crippen molar-refractivity contribution in [2.75, 3.05) is 0 Å². The molecule has 0 aromatic heterocycles. The number of fused-ring (bicyclic) bond motifs is 7. The van der Waals surface area contributed by atoms with E-state index in [1.807, 2.05) is 5.57 Å². The molecule has 4 fully saturated rings. The molecule has 43 heavy (non-hydrogen) atoms. The summed E-state index contributed by atoms with van der Waals surface area (Å²) in [6.07, 6.45) is 18.2. The monoisotopic (exact) mass is 588 g/mol. The second-order valence-corrected chi connectivity index (χ2v) is 17.7.